The van der Waals surface area contributed by atoms with Crippen LogP contribution in [0.5, 0.6) is 0 Å². The van der Waals surface area contributed by atoms with E-state index in [9.17, 15) is 13.2 Å². The minimum atomic E-state index is -3.51. The number of benzene rings is 1. The average Bonchev–Trinajstić information content (AvgIpc) is 3.44. The molecule has 0 atom stereocenters. The van der Waals surface area contributed by atoms with Crippen LogP contribution >= 0.6 is 22.9 Å². The maximum absolute atomic E-state index is 13.2. The summed E-state index contributed by atoms with van der Waals surface area (Å²) in [5.74, 6) is -0.0790. The summed E-state index contributed by atoms with van der Waals surface area (Å²) in [6.45, 7) is 2.96. The maximum Gasteiger partial charge on any atom is 0.257 e. The molecular weight excluding hydrogens is 456 g/mol. The Hall–Kier alpha value is -2.20. The van der Waals surface area contributed by atoms with Crippen LogP contribution in [0.4, 0.5) is 0 Å². The van der Waals surface area contributed by atoms with E-state index in [-0.39, 0.29) is 11.9 Å². The largest absolute Gasteiger partial charge is 0.338 e. The van der Waals surface area contributed by atoms with Crippen molar-refractivity contribution in [2.75, 3.05) is 13.1 Å². The second kappa shape index (κ2) is 9.12. The second-order valence-corrected chi connectivity index (χ2v) is 10.7. The summed E-state index contributed by atoms with van der Waals surface area (Å²) < 4.78 is 29.7. The molecule has 3 heterocycles. The zero-order chi connectivity index (χ0) is 22.0. The Balaban J connectivity index is 1.44. The Morgan fingerprint density at radius 2 is 2.03 bits per heavy atom. The van der Waals surface area contributed by atoms with Gasteiger partial charge in [-0.1, -0.05) is 30.7 Å². The van der Waals surface area contributed by atoms with Gasteiger partial charge in [0, 0.05) is 24.2 Å². The number of hydrogen-bond acceptors (Lipinski definition) is 5. The smallest absolute Gasteiger partial charge is 0.257 e. The van der Waals surface area contributed by atoms with Gasteiger partial charge in [-0.25, -0.2) is 17.8 Å². The molecule has 1 saturated heterocycles. The number of sulfonamides is 1. The highest BCUT2D eigenvalue weighted by Gasteiger charge is 2.29. The molecule has 1 aromatic carbocycles. The normalized spacial score (nSPS) is 15.4. The van der Waals surface area contributed by atoms with E-state index in [2.05, 4.69) is 9.82 Å². The molecule has 1 aliphatic heterocycles. The van der Waals surface area contributed by atoms with Crippen LogP contribution in [-0.4, -0.2) is 48.1 Å². The molecule has 3 aromatic rings. The summed E-state index contributed by atoms with van der Waals surface area (Å²) in [5.41, 5.74) is 2.21. The molecule has 0 bridgehead atoms. The van der Waals surface area contributed by atoms with Crippen LogP contribution in [0.2, 0.25) is 5.02 Å². The molecule has 4 rings (SSSR count). The number of piperidine rings is 1. The first-order valence-electron chi connectivity index (χ1n) is 10.1. The number of hydrogen-bond donors (Lipinski definition) is 1. The van der Waals surface area contributed by atoms with Gasteiger partial charge in [-0.2, -0.15) is 5.10 Å². The molecule has 1 N–H and O–H groups in total. The van der Waals surface area contributed by atoms with Crippen molar-refractivity contribution < 1.29 is 13.2 Å². The van der Waals surface area contributed by atoms with E-state index in [0.717, 1.165) is 11.4 Å². The van der Waals surface area contributed by atoms with E-state index in [1.807, 2.05) is 25.1 Å². The van der Waals surface area contributed by atoms with Crippen molar-refractivity contribution in [3.8, 4) is 5.69 Å². The molecule has 0 aliphatic carbocycles. The standard InChI is InChI=1S/C21H23ClN4O3S2/c1-2-19-18(14-23-26(19)17-6-3-5-15(22)13-17)21(27)25-10-8-16(9-11-25)24-31(28,29)20-7-4-12-30-20/h3-7,12-14,16,24H,2,8-11H2,1H3. The summed E-state index contributed by atoms with van der Waals surface area (Å²) in [4.78, 5) is 15.0. The number of thiophene rings is 1. The lowest BCUT2D eigenvalue weighted by Crippen LogP contribution is -2.46. The van der Waals surface area contributed by atoms with Crippen LogP contribution in [0.15, 0.2) is 52.2 Å². The number of carbonyl (C=O) groups excluding carboxylic acids is 1. The second-order valence-electron chi connectivity index (χ2n) is 7.37. The lowest BCUT2D eigenvalue weighted by Gasteiger charge is -2.32. The number of likely N-dealkylation sites (tertiary alicyclic amines) is 1. The third-order valence-electron chi connectivity index (χ3n) is 5.35. The lowest BCUT2D eigenvalue weighted by molar-refractivity contribution is 0.0710. The van der Waals surface area contributed by atoms with E-state index in [1.54, 1.807) is 39.4 Å². The topological polar surface area (TPSA) is 84.3 Å². The first-order valence-corrected chi connectivity index (χ1v) is 12.8. The first-order chi connectivity index (χ1) is 14.9. The molecule has 0 spiro atoms. The highest BCUT2D eigenvalue weighted by molar-refractivity contribution is 7.91. The summed E-state index contributed by atoms with van der Waals surface area (Å²) in [6, 6.07) is 10.5. The molecule has 0 radical (unpaired) electrons. The molecule has 7 nitrogen and oxygen atoms in total. The Morgan fingerprint density at radius 1 is 1.26 bits per heavy atom. The lowest BCUT2D eigenvalue weighted by atomic mass is 10.0. The molecule has 164 valence electrons. The van der Waals surface area contributed by atoms with Crippen molar-refractivity contribution in [2.24, 2.45) is 0 Å². The molecule has 2 aromatic heterocycles. The first kappa shape index (κ1) is 22.0. The van der Waals surface area contributed by atoms with Gasteiger partial charge in [-0.05, 0) is 48.9 Å². The third kappa shape index (κ3) is 4.69. The van der Waals surface area contributed by atoms with Gasteiger partial charge in [0.05, 0.1) is 23.1 Å². The van der Waals surface area contributed by atoms with Gasteiger partial charge in [0.15, 0.2) is 0 Å². The monoisotopic (exact) mass is 478 g/mol. The van der Waals surface area contributed by atoms with Gasteiger partial charge < -0.3 is 4.90 Å². The summed E-state index contributed by atoms with van der Waals surface area (Å²) in [7, 11) is -3.51. The SMILES string of the molecule is CCc1c(C(=O)N2CCC(NS(=O)(=O)c3cccs3)CC2)cnn1-c1cccc(Cl)c1. The van der Waals surface area contributed by atoms with Crippen LogP contribution in [0.3, 0.4) is 0 Å². The van der Waals surface area contributed by atoms with Crippen LogP contribution in [0.25, 0.3) is 5.69 Å². The molecule has 0 unspecified atom stereocenters. The minimum absolute atomic E-state index is 0.0790. The van der Waals surface area contributed by atoms with E-state index in [0.29, 0.717) is 47.1 Å². The Kier molecular flexibility index (Phi) is 6.47. The number of nitrogens with one attached hydrogen (secondary N) is 1. The molecule has 0 saturated carbocycles. The summed E-state index contributed by atoms with van der Waals surface area (Å²) >= 11 is 7.30. The quantitative estimate of drug-likeness (QED) is 0.585. The number of rotatable bonds is 6. The van der Waals surface area contributed by atoms with Gasteiger partial charge in [0.2, 0.25) is 10.0 Å². The minimum Gasteiger partial charge on any atom is -0.338 e. The highest BCUT2D eigenvalue weighted by atomic mass is 35.5. The Labute approximate surface area is 190 Å². The van der Waals surface area contributed by atoms with E-state index >= 15 is 0 Å². The molecule has 1 aliphatic rings. The average molecular weight is 479 g/mol. The van der Waals surface area contributed by atoms with Crippen LogP contribution < -0.4 is 4.72 Å². The van der Waals surface area contributed by atoms with E-state index in [4.69, 9.17) is 11.6 Å². The zero-order valence-electron chi connectivity index (χ0n) is 17.0. The summed E-state index contributed by atoms with van der Waals surface area (Å²) in [6.07, 6.45) is 3.39. The van der Waals surface area contributed by atoms with Gasteiger partial charge >= 0.3 is 0 Å². The molecule has 1 amide bonds. The van der Waals surface area contributed by atoms with Gasteiger partial charge in [-0.3, -0.25) is 4.79 Å². The number of aromatic nitrogens is 2. The zero-order valence-corrected chi connectivity index (χ0v) is 19.4. The number of amides is 1. The molecule has 1 fully saturated rings. The molecular formula is C21H23ClN4O3S2. The van der Waals surface area contributed by atoms with Crippen molar-refractivity contribution >= 4 is 38.9 Å². The highest BCUT2D eigenvalue weighted by Crippen LogP contribution is 2.23. The third-order valence-corrected chi connectivity index (χ3v) is 8.50. The summed E-state index contributed by atoms with van der Waals surface area (Å²) in [5, 5.41) is 6.77. The van der Waals surface area contributed by atoms with Crippen LogP contribution in [0, 0.1) is 0 Å². The van der Waals surface area contributed by atoms with Crippen molar-refractivity contribution in [1.82, 2.24) is 19.4 Å². The fourth-order valence-corrected chi connectivity index (χ4v) is 6.29. The molecule has 10 heteroatoms. The van der Waals surface area contributed by atoms with Gasteiger partial charge in [0.1, 0.15) is 4.21 Å². The number of halogens is 1. The maximum atomic E-state index is 13.2. The fourth-order valence-electron chi connectivity index (χ4n) is 3.79. The predicted molar refractivity (Wildman–Crippen MR) is 122 cm³/mol. The van der Waals surface area contributed by atoms with Gasteiger partial charge in [0.25, 0.3) is 5.91 Å². The number of nitrogens with zero attached hydrogens (tertiary/aromatic N) is 3. The van der Waals surface area contributed by atoms with E-state index in [1.165, 1.54) is 11.3 Å². The van der Waals surface area contributed by atoms with Crippen LogP contribution in [-0.2, 0) is 16.4 Å². The molecule has 31 heavy (non-hydrogen) atoms. The van der Waals surface area contributed by atoms with Crippen molar-refractivity contribution in [3.05, 3.63) is 64.3 Å². The van der Waals surface area contributed by atoms with Crippen molar-refractivity contribution in [2.45, 2.75) is 36.4 Å². The Morgan fingerprint density at radius 3 is 2.68 bits per heavy atom. The fraction of sp³-hybridized carbons (Fsp3) is 0.333. The Bertz CT molecular complexity index is 1170. The van der Waals surface area contributed by atoms with Crippen LogP contribution in [0.1, 0.15) is 35.8 Å². The van der Waals surface area contributed by atoms with E-state index < -0.39 is 10.0 Å². The van der Waals surface area contributed by atoms with Crippen molar-refractivity contribution in [3.63, 3.8) is 0 Å². The van der Waals surface area contributed by atoms with Gasteiger partial charge in [-0.15, -0.1) is 11.3 Å². The number of carbonyl (C=O) groups is 1. The predicted octanol–water partition coefficient (Wildman–Crippen LogP) is 3.73. The van der Waals surface area contributed by atoms with Crippen molar-refractivity contribution in [1.29, 1.82) is 0 Å².